The van der Waals surface area contributed by atoms with Crippen LogP contribution in [0.3, 0.4) is 0 Å². The fourth-order valence-corrected chi connectivity index (χ4v) is 1.45. The monoisotopic (exact) mass is 222 g/mol. The molecule has 1 rings (SSSR count). The van der Waals surface area contributed by atoms with E-state index in [0.29, 0.717) is 18.0 Å². The van der Waals surface area contributed by atoms with E-state index in [1.165, 1.54) is 0 Å². The number of nitrogens with zero attached hydrogens (tertiary/aromatic N) is 2. The number of likely N-dealkylation sites (N-methyl/N-ethyl adjacent to an activating group) is 1. The van der Waals surface area contributed by atoms with E-state index >= 15 is 0 Å². The number of hydrogen-bond acceptors (Lipinski definition) is 4. The minimum atomic E-state index is 0.0274. The lowest BCUT2D eigenvalue weighted by atomic mass is 10.2. The zero-order valence-corrected chi connectivity index (χ0v) is 9.90. The lowest BCUT2D eigenvalue weighted by molar-refractivity contribution is 0.183. The third kappa shape index (κ3) is 2.70. The Morgan fingerprint density at radius 2 is 2.38 bits per heavy atom. The van der Waals surface area contributed by atoms with Crippen molar-refractivity contribution < 1.29 is 4.74 Å². The molecule has 1 heterocycles. The lowest BCUT2D eigenvalue weighted by Gasteiger charge is -2.26. The predicted molar refractivity (Wildman–Crippen MR) is 65.0 cm³/mol. The Bertz CT molecular complexity index is 367. The highest BCUT2D eigenvalue weighted by Gasteiger charge is 2.15. The van der Waals surface area contributed by atoms with Gasteiger partial charge in [-0.3, -0.25) is 5.41 Å². The van der Waals surface area contributed by atoms with Crippen molar-refractivity contribution >= 4 is 11.7 Å². The minimum Gasteiger partial charge on any atom is -0.384 e. The van der Waals surface area contributed by atoms with Gasteiger partial charge in [0.15, 0.2) is 0 Å². The van der Waals surface area contributed by atoms with Gasteiger partial charge in [0.1, 0.15) is 11.7 Å². The first-order chi connectivity index (χ1) is 7.57. The largest absolute Gasteiger partial charge is 0.384 e. The quantitative estimate of drug-likeness (QED) is 0.571. The van der Waals surface area contributed by atoms with Crippen LogP contribution in [0.25, 0.3) is 0 Å². The Balaban J connectivity index is 2.98. The average Bonchev–Trinajstić information content (AvgIpc) is 2.28. The molecule has 1 aromatic rings. The maximum absolute atomic E-state index is 7.49. The molecular formula is C11H18N4O. The smallest absolute Gasteiger partial charge is 0.139 e. The number of nitrogens with one attached hydrogen (secondary N) is 1. The molecule has 3 N–H and O–H groups in total. The Kier molecular flexibility index (Phi) is 4.25. The molecule has 5 nitrogen and oxygen atoms in total. The summed E-state index contributed by atoms with van der Waals surface area (Å²) in [4.78, 5) is 6.21. The highest BCUT2D eigenvalue weighted by atomic mass is 16.5. The number of hydrogen-bond donors (Lipinski definition) is 2. The van der Waals surface area contributed by atoms with Gasteiger partial charge in [-0.15, -0.1) is 0 Å². The Morgan fingerprint density at radius 3 is 2.94 bits per heavy atom. The molecule has 0 aliphatic rings. The van der Waals surface area contributed by atoms with Gasteiger partial charge in [0.05, 0.1) is 18.2 Å². The standard InChI is InChI=1S/C11H18N4O/c1-8(7-16-3)15(2)11-9(10(12)13)5-4-6-14-11/h4-6,8H,7H2,1-3H3,(H3,12,13). The lowest BCUT2D eigenvalue weighted by Crippen LogP contribution is -2.34. The second kappa shape index (κ2) is 5.46. The van der Waals surface area contributed by atoms with Crippen LogP contribution in [-0.2, 0) is 4.74 Å². The number of amidine groups is 1. The average molecular weight is 222 g/mol. The molecule has 0 saturated heterocycles. The van der Waals surface area contributed by atoms with Crippen molar-refractivity contribution in [1.82, 2.24) is 4.98 Å². The molecule has 0 aliphatic carbocycles. The van der Waals surface area contributed by atoms with E-state index < -0.39 is 0 Å². The van der Waals surface area contributed by atoms with Gasteiger partial charge < -0.3 is 15.4 Å². The van der Waals surface area contributed by atoms with E-state index in [9.17, 15) is 0 Å². The first-order valence-corrected chi connectivity index (χ1v) is 5.09. The minimum absolute atomic E-state index is 0.0274. The van der Waals surface area contributed by atoms with Gasteiger partial charge >= 0.3 is 0 Å². The van der Waals surface area contributed by atoms with Crippen LogP contribution in [0.1, 0.15) is 12.5 Å². The normalized spacial score (nSPS) is 12.2. The van der Waals surface area contributed by atoms with Crippen LogP contribution in [0.2, 0.25) is 0 Å². The topological polar surface area (TPSA) is 75.2 Å². The van der Waals surface area contributed by atoms with Crippen molar-refractivity contribution in [2.75, 3.05) is 25.7 Å². The molecule has 0 aromatic carbocycles. The number of methoxy groups -OCH3 is 1. The zero-order chi connectivity index (χ0) is 12.1. The summed E-state index contributed by atoms with van der Waals surface area (Å²) in [5.74, 6) is 0.735. The third-order valence-corrected chi connectivity index (χ3v) is 2.48. The third-order valence-electron chi connectivity index (χ3n) is 2.48. The number of anilines is 1. The summed E-state index contributed by atoms with van der Waals surface area (Å²) in [7, 11) is 3.58. The molecule has 0 fully saturated rings. The van der Waals surface area contributed by atoms with Crippen LogP contribution in [-0.4, -0.2) is 37.6 Å². The van der Waals surface area contributed by atoms with E-state index in [1.54, 1.807) is 25.4 Å². The highest BCUT2D eigenvalue weighted by Crippen LogP contribution is 2.17. The van der Waals surface area contributed by atoms with E-state index in [-0.39, 0.29) is 11.9 Å². The second-order valence-electron chi connectivity index (χ2n) is 3.70. The van der Waals surface area contributed by atoms with Crippen LogP contribution in [0.4, 0.5) is 5.82 Å². The molecule has 88 valence electrons. The Labute approximate surface area is 95.7 Å². The first-order valence-electron chi connectivity index (χ1n) is 5.09. The molecule has 0 bridgehead atoms. The molecule has 0 aliphatic heterocycles. The number of nitrogen functional groups attached to an aromatic ring is 1. The van der Waals surface area contributed by atoms with Gasteiger partial charge in [0, 0.05) is 20.4 Å². The Morgan fingerprint density at radius 1 is 1.69 bits per heavy atom. The van der Waals surface area contributed by atoms with Gasteiger partial charge in [0.25, 0.3) is 0 Å². The van der Waals surface area contributed by atoms with E-state index in [0.717, 1.165) is 0 Å². The van der Waals surface area contributed by atoms with Gasteiger partial charge in [-0.25, -0.2) is 4.98 Å². The first kappa shape index (κ1) is 12.4. The number of aromatic nitrogens is 1. The molecule has 1 aromatic heterocycles. The van der Waals surface area contributed by atoms with Crippen molar-refractivity contribution in [3.63, 3.8) is 0 Å². The molecule has 16 heavy (non-hydrogen) atoms. The molecule has 5 heteroatoms. The van der Waals surface area contributed by atoms with Crippen LogP contribution < -0.4 is 10.6 Å². The molecule has 1 atom stereocenters. The summed E-state index contributed by atoms with van der Waals surface area (Å²) in [5, 5.41) is 7.49. The molecule has 0 radical (unpaired) electrons. The van der Waals surface area contributed by atoms with Crippen molar-refractivity contribution in [2.24, 2.45) is 5.73 Å². The van der Waals surface area contributed by atoms with Crippen LogP contribution in [0, 0.1) is 5.41 Å². The maximum atomic E-state index is 7.49. The summed E-state index contributed by atoms with van der Waals surface area (Å²) >= 11 is 0. The summed E-state index contributed by atoms with van der Waals surface area (Å²) in [6.45, 7) is 2.63. The summed E-state index contributed by atoms with van der Waals surface area (Å²) in [6.07, 6.45) is 1.69. The summed E-state index contributed by atoms with van der Waals surface area (Å²) < 4.78 is 5.09. The Hall–Kier alpha value is -1.62. The number of ether oxygens (including phenoxy) is 1. The van der Waals surface area contributed by atoms with E-state index in [2.05, 4.69) is 4.98 Å². The van der Waals surface area contributed by atoms with Crippen LogP contribution in [0.5, 0.6) is 0 Å². The van der Waals surface area contributed by atoms with Gasteiger partial charge in [-0.05, 0) is 19.1 Å². The van der Waals surface area contributed by atoms with E-state index in [4.69, 9.17) is 15.9 Å². The van der Waals surface area contributed by atoms with Crippen molar-refractivity contribution in [3.8, 4) is 0 Å². The highest BCUT2D eigenvalue weighted by molar-refractivity contribution is 5.99. The van der Waals surface area contributed by atoms with Gasteiger partial charge in [-0.2, -0.15) is 0 Å². The van der Waals surface area contributed by atoms with Crippen molar-refractivity contribution in [3.05, 3.63) is 23.9 Å². The van der Waals surface area contributed by atoms with Gasteiger partial charge in [0.2, 0.25) is 0 Å². The van der Waals surface area contributed by atoms with E-state index in [1.807, 2.05) is 18.9 Å². The fraction of sp³-hybridized carbons (Fsp3) is 0.455. The number of rotatable bonds is 5. The summed E-state index contributed by atoms with van der Waals surface area (Å²) in [6, 6.07) is 3.74. The molecule has 0 spiro atoms. The number of pyridine rings is 1. The molecule has 0 amide bonds. The predicted octanol–water partition coefficient (Wildman–Crippen LogP) is 0.837. The fourth-order valence-electron chi connectivity index (χ4n) is 1.45. The van der Waals surface area contributed by atoms with Crippen LogP contribution in [0.15, 0.2) is 18.3 Å². The maximum Gasteiger partial charge on any atom is 0.139 e. The van der Waals surface area contributed by atoms with Crippen molar-refractivity contribution in [1.29, 1.82) is 5.41 Å². The number of nitrogens with two attached hydrogens (primary N) is 1. The molecule has 0 saturated carbocycles. The second-order valence-corrected chi connectivity index (χ2v) is 3.70. The molecule has 1 unspecified atom stereocenters. The van der Waals surface area contributed by atoms with Gasteiger partial charge in [-0.1, -0.05) is 0 Å². The SMILES string of the molecule is COCC(C)N(C)c1ncccc1C(=N)N. The zero-order valence-electron chi connectivity index (χ0n) is 9.90. The van der Waals surface area contributed by atoms with Crippen LogP contribution >= 0.6 is 0 Å². The molecular weight excluding hydrogens is 204 g/mol. The van der Waals surface area contributed by atoms with Crippen molar-refractivity contribution in [2.45, 2.75) is 13.0 Å². The summed E-state index contributed by atoms with van der Waals surface area (Å²) in [5.41, 5.74) is 6.16.